The zero-order chi connectivity index (χ0) is 18.8. The van der Waals surface area contributed by atoms with Gasteiger partial charge in [0.15, 0.2) is 0 Å². The lowest BCUT2D eigenvalue weighted by atomic mass is 9.98. The molecule has 1 aliphatic rings. The maximum Gasteiger partial charge on any atom is 0.410 e. The van der Waals surface area contributed by atoms with Crippen LogP contribution in [0.15, 0.2) is 48.5 Å². The zero-order valence-corrected chi connectivity index (χ0v) is 15.9. The van der Waals surface area contributed by atoms with Crippen molar-refractivity contribution >= 4 is 22.9 Å². The molecular formula is C21H22ClNO3. The minimum absolute atomic E-state index is 0.0102. The van der Waals surface area contributed by atoms with Gasteiger partial charge in [0.05, 0.1) is 0 Å². The topological polar surface area (TPSA) is 46.6 Å². The number of carbonyl (C=O) groups is 2. The molecule has 0 bridgehead atoms. The number of halogens is 1. The number of hydrogen-bond donors (Lipinski definition) is 0. The molecule has 26 heavy (non-hydrogen) atoms. The second-order valence-electron chi connectivity index (χ2n) is 6.91. The van der Waals surface area contributed by atoms with Gasteiger partial charge in [-0.2, -0.15) is 0 Å². The molecule has 1 aliphatic carbocycles. The fourth-order valence-electron chi connectivity index (χ4n) is 3.67. The summed E-state index contributed by atoms with van der Waals surface area (Å²) in [7, 11) is 1.55. The van der Waals surface area contributed by atoms with Crippen molar-refractivity contribution in [2.45, 2.75) is 25.8 Å². The third-order valence-corrected chi connectivity index (χ3v) is 5.13. The minimum Gasteiger partial charge on any atom is -0.448 e. The number of hydrogen-bond acceptors (Lipinski definition) is 3. The first-order valence-corrected chi connectivity index (χ1v) is 9.06. The number of ether oxygens (including phenoxy) is 1. The summed E-state index contributed by atoms with van der Waals surface area (Å²) in [5.41, 5.74) is 4.65. The molecule has 0 unspecified atom stereocenters. The molecule has 136 valence electrons. The fourth-order valence-corrected chi connectivity index (χ4v) is 4.07. The molecule has 1 atom stereocenters. The van der Waals surface area contributed by atoms with Crippen LogP contribution >= 0.6 is 11.6 Å². The van der Waals surface area contributed by atoms with Crippen molar-refractivity contribution in [1.29, 1.82) is 0 Å². The Morgan fingerprint density at radius 2 is 1.54 bits per heavy atom. The van der Waals surface area contributed by atoms with Crippen LogP contribution in [-0.4, -0.2) is 35.9 Å². The van der Waals surface area contributed by atoms with E-state index in [4.69, 9.17) is 16.3 Å². The Morgan fingerprint density at radius 1 is 1.04 bits per heavy atom. The fraction of sp³-hybridized carbons (Fsp3) is 0.333. The van der Waals surface area contributed by atoms with Crippen molar-refractivity contribution in [3.8, 4) is 11.1 Å². The smallest absolute Gasteiger partial charge is 0.410 e. The molecule has 0 saturated carbocycles. The number of benzene rings is 2. The number of amides is 1. The molecule has 0 radical (unpaired) electrons. The molecule has 0 heterocycles. The highest BCUT2D eigenvalue weighted by Gasteiger charge is 2.32. The Bertz CT molecular complexity index is 788. The van der Waals surface area contributed by atoms with Crippen molar-refractivity contribution in [2.24, 2.45) is 5.92 Å². The number of likely N-dealkylation sites (N-methyl/N-ethyl adjacent to an activating group) is 1. The number of rotatable bonds is 5. The lowest BCUT2D eigenvalue weighted by molar-refractivity contribution is -0.117. The largest absolute Gasteiger partial charge is 0.448 e. The van der Waals surface area contributed by atoms with Gasteiger partial charge in [0, 0.05) is 13.0 Å². The molecule has 3 rings (SSSR count). The van der Waals surface area contributed by atoms with E-state index in [1.807, 2.05) is 38.1 Å². The van der Waals surface area contributed by atoms with Crippen molar-refractivity contribution in [1.82, 2.24) is 4.90 Å². The molecular weight excluding hydrogens is 350 g/mol. The van der Waals surface area contributed by atoms with Gasteiger partial charge in [0.25, 0.3) is 0 Å². The van der Waals surface area contributed by atoms with Gasteiger partial charge in [-0.15, -0.1) is 0 Å². The van der Waals surface area contributed by atoms with E-state index < -0.39 is 17.4 Å². The Morgan fingerprint density at radius 3 is 2.00 bits per heavy atom. The Hall–Kier alpha value is -2.33. The summed E-state index contributed by atoms with van der Waals surface area (Å²) in [6.07, 6.45) is -0.542. The molecule has 0 spiro atoms. The normalized spacial score (nSPS) is 13.9. The van der Waals surface area contributed by atoms with E-state index in [1.54, 1.807) is 7.05 Å². The lowest BCUT2D eigenvalue weighted by Gasteiger charge is -2.28. The lowest BCUT2D eigenvalue weighted by Crippen LogP contribution is -2.44. The van der Waals surface area contributed by atoms with Crippen LogP contribution in [0.5, 0.6) is 0 Å². The molecule has 5 heteroatoms. The summed E-state index contributed by atoms with van der Waals surface area (Å²) in [5, 5.41) is -0.559. The second kappa shape index (κ2) is 7.50. The molecule has 0 N–H and O–H groups in total. The molecule has 1 amide bonds. The maximum absolute atomic E-state index is 12.5. The van der Waals surface area contributed by atoms with Crippen LogP contribution in [0.25, 0.3) is 11.1 Å². The number of nitrogens with zero attached hydrogens (tertiary/aromatic N) is 1. The summed E-state index contributed by atoms with van der Waals surface area (Å²) in [5.74, 6) is -0.102. The zero-order valence-electron chi connectivity index (χ0n) is 15.1. The van der Waals surface area contributed by atoms with E-state index in [2.05, 4.69) is 24.3 Å². The van der Waals surface area contributed by atoms with Crippen molar-refractivity contribution in [3.63, 3.8) is 0 Å². The van der Waals surface area contributed by atoms with Crippen LogP contribution in [0.4, 0.5) is 4.79 Å². The van der Waals surface area contributed by atoms with Crippen molar-refractivity contribution in [2.75, 3.05) is 13.7 Å². The molecule has 2 aromatic carbocycles. The average molecular weight is 372 g/mol. The first-order chi connectivity index (χ1) is 12.4. The van der Waals surface area contributed by atoms with Gasteiger partial charge in [-0.3, -0.25) is 9.69 Å². The monoisotopic (exact) mass is 371 g/mol. The van der Waals surface area contributed by atoms with Gasteiger partial charge < -0.3 is 4.74 Å². The molecule has 4 nitrogen and oxygen atoms in total. The summed E-state index contributed by atoms with van der Waals surface area (Å²) in [4.78, 5) is 25.4. The average Bonchev–Trinajstić information content (AvgIpc) is 2.93. The Labute approximate surface area is 158 Å². The molecule has 0 aromatic heterocycles. The van der Waals surface area contributed by atoms with Crippen LogP contribution < -0.4 is 0 Å². The van der Waals surface area contributed by atoms with Crippen molar-refractivity contribution in [3.05, 3.63) is 59.7 Å². The predicted octanol–water partition coefficient (Wildman–Crippen LogP) is 4.66. The van der Waals surface area contributed by atoms with Crippen molar-refractivity contribution < 1.29 is 14.3 Å². The van der Waals surface area contributed by atoms with Crippen LogP contribution in [0.2, 0.25) is 0 Å². The van der Waals surface area contributed by atoms with Crippen LogP contribution in [0.1, 0.15) is 30.9 Å². The maximum atomic E-state index is 12.5. The predicted molar refractivity (Wildman–Crippen MR) is 102 cm³/mol. The quantitative estimate of drug-likeness (QED) is 0.718. The van der Waals surface area contributed by atoms with Crippen LogP contribution in [0, 0.1) is 5.92 Å². The molecule has 0 aliphatic heterocycles. The van der Waals surface area contributed by atoms with Crippen LogP contribution in [-0.2, 0) is 9.53 Å². The van der Waals surface area contributed by atoms with Gasteiger partial charge in [0.2, 0.25) is 5.24 Å². The third-order valence-electron chi connectivity index (χ3n) is 4.91. The SMILES string of the molecule is CC(C)[C@@H](C(=O)Cl)N(C)C(=O)OCC1c2ccccc2-c2ccccc21. The third kappa shape index (κ3) is 3.34. The molecule has 0 fully saturated rings. The Kier molecular flexibility index (Phi) is 5.33. The highest BCUT2D eigenvalue weighted by Crippen LogP contribution is 2.44. The van der Waals surface area contributed by atoms with Crippen LogP contribution in [0.3, 0.4) is 0 Å². The van der Waals surface area contributed by atoms with E-state index in [0.29, 0.717) is 0 Å². The summed E-state index contributed by atoms with van der Waals surface area (Å²) in [6.45, 7) is 3.91. The summed E-state index contributed by atoms with van der Waals surface area (Å²) in [6, 6.07) is 15.6. The van der Waals surface area contributed by atoms with E-state index in [1.165, 1.54) is 16.0 Å². The van der Waals surface area contributed by atoms with Gasteiger partial charge in [-0.05, 0) is 39.8 Å². The summed E-state index contributed by atoms with van der Waals surface area (Å²) >= 11 is 5.65. The molecule has 0 saturated heterocycles. The first kappa shape index (κ1) is 18.5. The van der Waals surface area contributed by atoms with Gasteiger partial charge in [-0.1, -0.05) is 62.4 Å². The highest BCUT2D eigenvalue weighted by molar-refractivity contribution is 6.64. The second-order valence-corrected chi connectivity index (χ2v) is 7.28. The van der Waals surface area contributed by atoms with E-state index in [9.17, 15) is 9.59 Å². The summed E-state index contributed by atoms with van der Waals surface area (Å²) < 4.78 is 5.56. The molecule has 2 aromatic rings. The highest BCUT2D eigenvalue weighted by atomic mass is 35.5. The van der Waals surface area contributed by atoms with E-state index >= 15 is 0 Å². The first-order valence-electron chi connectivity index (χ1n) is 8.69. The number of fused-ring (bicyclic) bond motifs is 3. The van der Waals surface area contributed by atoms with E-state index in [-0.39, 0.29) is 18.4 Å². The Balaban J connectivity index is 1.78. The minimum atomic E-state index is -0.702. The van der Waals surface area contributed by atoms with Gasteiger partial charge >= 0.3 is 6.09 Å². The van der Waals surface area contributed by atoms with E-state index in [0.717, 1.165) is 11.1 Å². The number of carbonyl (C=O) groups excluding carboxylic acids is 2. The van der Waals surface area contributed by atoms with Gasteiger partial charge in [0.1, 0.15) is 12.6 Å². The van der Waals surface area contributed by atoms with Gasteiger partial charge in [-0.25, -0.2) is 4.79 Å². The standard InChI is InChI=1S/C21H22ClNO3/c1-13(2)19(20(22)24)23(3)21(25)26-12-18-16-10-6-4-8-14(16)15-9-5-7-11-17(15)18/h4-11,13,18-19H,12H2,1-3H3/t19-/m0/s1.